The minimum atomic E-state index is 0.670. The van der Waals surface area contributed by atoms with Crippen molar-refractivity contribution >= 4 is 5.69 Å². The topological polar surface area (TPSA) is 37.0 Å². The molecule has 0 bridgehead atoms. The number of nitrogens with zero attached hydrogens (tertiary/aromatic N) is 2. The van der Waals surface area contributed by atoms with Gasteiger partial charge in [0.25, 0.3) is 0 Å². The number of piperidine rings is 1. The van der Waals surface area contributed by atoms with E-state index in [2.05, 4.69) is 69.7 Å². The SMILES string of the molecule is c1ccc([C@@H]2C[C@H]2NC2CCN(CCOc3ccc(N4CCOCC4)cc3)CC2)cc1. The third kappa shape index (κ3) is 5.59. The number of rotatable bonds is 8. The second-order valence-electron chi connectivity index (χ2n) is 9.08. The van der Waals surface area contributed by atoms with Crippen molar-refractivity contribution in [3.63, 3.8) is 0 Å². The van der Waals surface area contributed by atoms with Crippen molar-refractivity contribution in [2.24, 2.45) is 0 Å². The molecule has 2 heterocycles. The smallest absolute Gasteiger partial charge is 0.119 e. The van der Waals surface area contributed by atoms with E-state index in [9.17, 15) is 0 Å². The Balaban J connectivity index is 0.982. The maximum Gasteiger partial charge on any atom is 0.119 e. The number of anilines is 1. The molecule has 2 atom stereocenters. The summed E-state index contributed by atoms with van der Waals surface area (Å²) in [5.41, 5.74) is 2.75. The zero-order valence-electron chi connectivity index (χ0n) is 18.4. The van der Waals surface area contributed by atoms with Crippen molar-refractivity contribution in [2.75, 3.05) is 57.4 Å². The van der Waals surface area contributed by atoms with Crippen molar-refractivity contribution < 1.29 is 9.47 Å². The summed E-state index contributed by atoms with van der Waals surface area (Å²) in [5, 5.41) is 3.91. The van der Waals surface area contributed by atoms with E-state index in [1.54, 1.807) is 0 Å². The second kappa shape index (κ2) is 10.0. The first-order chi connectivity index (χ1) is 15.3. The number of benzene rings is 2. The Hall–Kier alpha value is -2.08. The summed E-state index contributed by atoms with van der Waals surface area (Å²) in [4.78, 5) is 4.91. The van der Waals surface area contributed by atoms with Crippen molar-refractivity contribution in [3.05, 3.63) is 60.2 Å². The summed E-state index contributed by atoms with van der Waals surface area (Å²) in [6.45, 7) is 7.68. The molecule has 2 aromatic carbocycles. The average molecular weight is 422 g/mol. The lowest BCUT2D eigenvalue weighted by Crippen LogP contribution is -2.44. The van der Waals surface area contributed by atoms with Crippen molar-refractivity contribution in [2.45, 2.75) is 37.3 Å². The van der Waals surface area contributed by atoms with Crippen LogP contribution >= 0.6 is 0 Å². The minimum absolute atomic E-state index is 0.670. The third-order valence-electron chi connectivity index (χ3n) is 6.94. The first kappa shape index (κ1) is 20.8. The molecule has 0 spiro atoms. The molecule has 2 aromatic rings. The summed E-state index contributed by atoms with van der Waals surface area (Å²) in [5.74, 6) is 1.69. The fraction of sp³-hybridized carbons (Fsp3) is 0.538. The number of ether oxygens (including phenoxy) is 2. The molecule has 1 saturated carbocycles. The van der Waals surface area contributed by atoms with Gasteiger partial charge < -0.3 is 19.7 Å². The van der Waals surface area contributed by atoms with Gasteiger partial charge >= 0.3 is 0 Å². The Morgan fingerprint density at radius 2 is 1.65 bits per heavy atom. The quantitative estimate of drug-likeness (QED) is 0.706. The molecule has 5 heteroatoms. The van der Waals surface area contributed by atoms with E-state index in [4.69, 9.17) is 9.47 Å². The Labute approximate surface area is 186 Å². The van der Waals surface area contributed by atoms with Crippen LogP contribution in [0.15, 0.2) is 54.6 Å². The predicted octanol–water partition coefficient (Wildman–Crippen LogP) is 3.51. The molecule has 0 unspecified atom stereocenters. The van der Waals surface area contributed by atoms with Gasteiger partial charge in [-0.05, 0) is 62.2 Å². The highest BCUT2D eigenvalue weighted by molar-refractivity contribution is 5.49. The lowest BCUT2D eigenvalue weighted by atomic mass is 10.0. The summed E-state index contributed by atoms with van der Waals surface area (Å²) >= 11 is 0. The van der Waals surface area contributed by atoms with E-state index in [-0.39, 0.29) is 0 Å². The molecule has 0 radical (unpaired) electrons. The Morgan fingerprint density at radius 1 is 0.903 bits per heavy atom. The van der Waals surface area contributed by atoms with Gasteiger partial charge in [0, 0.05) is 43.3 Å². The van der Waals surface area contributed by atoms with Crippen LogP contribution < -0.4 is 15.0 Å². The van der Waals surface area contributed by atoms with E-state index in [0.717, 1.165) is 51.1 Å². The largest absolute Gasteiger partial charge is 0.492 e. The number of nitrogens with one attached hydrogen (secondary N) is 1. The van der Waals surface area contributed by atoms with E-state index in [1.807, 2.05) is 0 Å². The van der Waals surface area contributed by atoms with Crippen LogP contribution in [0.25, 0.3) is 0 Å². The molecule has 3 aliphatic rings. The first-order valence-electron chi connectivity index (χ1n) is 11.9. The fourth-order valence-electron chi connectivity index (χ4n) is 4.94. The number of likely N-dealkylation sites (tertiary alicyclic amines) is 1. The van der Waals surface area contributed by atoms with Crippen LogP contribution in [0.3, 0.4) is 0 Å². The van der Waals surface area contributed by atoms with Gasteiger partial charge in [0.05, 0.1) is 13.2 Å². The normalized spacial score (nSPS) is 24.8. The van der Waals surface area contributed by atoms with E-state index in [1.165, 1.54) is 43.6 Å². The lowest BCUT2D eigenvalue weighted by Gasteiger charge is -2.32. The van der Waals surface area contributed by atoms with Gasteiger partial charge in [0.1, 0.15) is 12.4 Å². The van der Waals surface area contributed by atoms with Crippen LogP contribution in [0.2, 0.25) is 0 Å². The van der Waals surface area contributed by atoms with Gasteiger partial charge in [-0.1, -0.05) is 30.3 Å². The highest BCUT2D eigenvalue weighted by atomic mass is 16.5. The van der Waals surface area contributed by atoms with Gasteiger partial charge in [-0.25, -0.2) is 0 Å². The minimum Gasteiger partial charge on any atom is -0.492 e. The number of hydrogen-bond donors (Lipinski definition) is 1. The van der Waals surface area contributed by atoms with Gasteiger partial charge in [-0.3, -0.25) is 4.90 Å². The van der Waals surface area contributed by atoms with Gasteiger partial charge in [-0.15, -0.1) is 0 Å². The molecule has 5 rings (SSSR count). The fourth-order valence-corrected chi connectivity index (χ4v) is 4.94. The molecular formula is C26H35N3O2. The number of morpholine rings is 1. The van der Waals surface area contributed by atoms with Crippen molar-refractivity contribution in [3.8, 4) is 5.75 Å². The number of hydrogen-bond acceptors (Lipinski definition) is 5. The van der Waals surface area contributed by atoms with Crippen LogP contribution in [0, 0.1) is 0 Å². The van der Waals surface area contributed by atoms with Gasteiger partial charge in [-0.2, -0.15) is 0 Å². The van der Waals surface area contributed by atoms with Crippen molar-refractivity contribution in [1.82, 2.24) is 10.2 Å². The summed E-state index contributed by atoms with van der Waals surface area (Å²) in [6, 6.07) is 20.8. The Bertz CT molecular complexity index is 799. The summed E-state index contributed by atoms with van der Waals surface area (Å²) < 4.78 is 11.4. The average Bonchev–Trinajstić information content (AvgIpc) is 3.61. The van der Waals surface area contributed by atoms with Crippen LogP contribution in [0.5, 0.6) is 5.75 Å². The molecule has 0 amide bonds. The maximum atomic E-state index is 6.02. The van der Waals surface area contributed by atoms with E-state index < -0.39 is 0 Å². The Kier molecular flexibility index (Phi) is 6.73. The summed E-state index contributed by atoms with van der Waals surface area (Å²) in [6.07, 6.45) is 3.78. The predicted molar refractivity (Wildman–Crippen MR) is 125 cm³/mol. The molecule has 0 aromatic heterocycles. The molecule has 5 nitrogen and oxygen atoms in total. The lowest BCUT2D eigenvalue weighted by molar-refractivity contribution is 0.122. The first-order valence-corrected chi connectivity index (χ1v) is 11.9. The van der Waals surface area contributed by atoms with Crippen LogP contribution in [0.1, 0.15) is 30.7 Å². The molecule has 2 saturated heterocycles. The molecule has 1 aliphatic carbocycles. The molecule has 1 N–H and O–H groups in total. The molecule has 31 heavy (non-hydrogen) atoms. The van der Waals surface area contributed by atoms with Crippen LogP contribution in [-0.2, 0) is 4.74 Å². The molecule has 166 valence electrons. The maximum absolute atomic E-state index is 6.02. The molecule has 2 aliphatic heterocycles. The molecular weight excluding hydrogens is 386 g/mol. The molecule has 3 fully saturated rings. The highest BCUT2D eigenvalue weighted by Gasteiger charge is 2.39. The van der Waals surface area contributed by atoms with Gasteiger partial charge in [0.15, 0.2) is 0 Å². The summed E-state index contributed by atoms with van der Waals surface area (Å²) in [7, 11) is 0. The second-order valence-corrected chi connectivity index (χ2v) is 9.08. The van der Waals surface area contributed by atoms with Crippen molar-refractivity contribution in [1.29, 1.82) is 0 Å². The highest BCUT2D eigenvalue weighted by Crippen LogP contribution is 2.41. The zero-order chi connectivity index (χ0) is 20.9. The zero-order valence-corrected chi connectivity index (χ0v) is 18.4. The van der Waals surface area contributed by atoms with Crippen LogP contribution in [0.4, 0.5) is 5.69 Å². The van der Waals surface area contributed by atoms with E-state index in [0.29, 0.717) is 12.1 Å². The van der Waals surface area contributed by atoms with Gasteiger partial charge in [0.2, 0.25) is 0 Å². The van der Waals surface area contributed by atoms with E-state index >= 15 is 0 Å². The Morgan fingerprint density at radius 3 is 2.39 bits per heavy atom. The monoisotopic (exact) mass is 421 g/mol. The standard InChI is InChI=1S/C26H35N3O2/c1-2-4-21(5-3-1)25-20-26(25)27-22-10-12-28(13-11-22)14-19-31-24-8-6-23(7-9-24)29-15-17-30-18-16-29/h1-9,22,25-27H,10-20H2/t25-,26+/m0/s1. The third-order valence-corrected chi connectivity index (χ3v) is 6.94. The van der Waals surface area contributed by atoms with Crippen LogP contribution in [-0.4, -0.2) is 69.5 Å².